The highest BCUT2D eigenvalue weighted by atomic mass is 16.4. The molecule has 0 heterocycles. The largest absolute Gasteiger partial charge is 0.478 e. The van der Waals surface area contributed by atoms with E-state index in [1.807, 2.05) is 72.8 Å². The SMILES string of the molecule is C=N/C(=C\C(=C/Cc1ccc(N(C(C)=O)C(=O)c2ccc(C(=O)O)cc2)cc1)c1ccccc1)c1ccc(N(C)C=O)cc1. The Balaban J connectivity index is 1.60. The number of imide groups is 1. The molecule has 220 valence electrons. The Morgan fingerprint density at radius 3 is 1.89 bits per heavy atom. The summed E-state index contributed by atoms with van der Waals surface area (Å²) in [5.41, 5.74) is 5.80. The van der Waals surface area contributed by atoms with Crippen molar-refractivity contribution in [2.75, 3.05) is 16.8 Å². The van der Waals surface area contributed by atoms with E-state index in [4.69, 9.17) is 5.11 Å². The number of hydrogen-bond acceptors (Lipinski definition) is 5. The summed E-state index contributed by atoms with van der Waals surface area (Å²) < 4.78 is 0. The van der Waals surface area contributed by atoms with Crippen molar-refractivity contribution < 1.29 is 24.3 Å². The number of carboxylic acid groups (broad SMARTS) is 1. The molecule has 8 heteroatoms. The normalized spacial score (nSPS) is 11.4. The van der Waals surface area contributed by atoms with E-state index >= 15 is 0 Å². The molecule has 0 saturated carbocycles. The molecule has 1 N–H and O–H groups in total. The smallest absolute Gasteiger partial charge is 0.335 e. The molecule has 0 saturated heterocycles. The number of carbonyl (C=O) groups excluding carboxylic acids is 3. The summed E-state index contributed by atoms with van der Waals surface area (Å²) in [5, 5.41) is 9.12. The predicted octanol–water partition coefficient (Wildman–Crippen LogP) is 6.54. The van der Waals surface area contributed by atoms with Crippen LogP contribution in [-0.2, 0) is 16.0 Å². The summed E-state index contributed by atoms with van der Waals surface area (Å²) in [7, 11) is 1.68. The fraction of sp³-hybridized carbons (Fsp3) is 0.0833. The Bertz CT molecular complexity index is 1720. The first kappa shape index (κ1) is 31.1. The highest BCUT2D eigenvalue weighted by molar-refractivity contribution is 6.20. The average molecular weight is 586 g/mol. The number of amides is 3. The lowest BCUT2D eigenvalue weighted by Crippen LogP contribution is -2.35. The molecule has 3 amide bonds. The van der Waals surface area contributed by atoms with Gasteiger partial charge in [0.25, 0.3) is 5.91 Å². The van der Waals surface area contributed by atoms with Gasteiger partial charge in [-0.2, -0.15) is 0 Å². The molecule has 8 nitrogen and oxygen atoms in total. The number of anilines is 2. The molecule has 0 aliphatic rings. The van der Waals surface area contributed by atoms with E-state index in [1.165, 1.54) is 36.1 Å². The maximum Gasteiger partial charge on any atom is 0.335 e. The van der Waals surface area contributed by atoms with Crippen molar-refractivity contribution in [3.05, 3.63) is 143 Å². The van der Waals surface area contributed by atoms with Gasteiger partial charge in [0, 0.05) is 30.8 Å². The number of nitrogens with zero attached hydrogens (tertiary/aromatic N) is 3. The highest BCUT2D eigenvalue weighted by Gasteiger charge is 2.22. The standard InChI is InChI=1S/C36H31N3O5/c1-25(41)39(35(42)29-13-15-30(16-14-29)36(43)44)33-19-10-26(11-20-33)9-12-31(27-7-5-4-6-8-27)23-34(37-2)28-17-21-32(22-18-28)38(3)24-40/h4-8,10-24H,2,9H2,1,3H3,(H,43,44)/b31-12+,34-23-. The molecular formula is C36H31N3O5. The maximum atomic E-state index is 13.2. The van der Waals surface area contributed by atoms with Crippen molar-refractivity contribution in [3.8, 4) is 0 Å². The Kier molecular flexibility index (Phi) is 10.1. The summed E-state index contributed by atoms with van der Waals surface area (Å²) in [6.07, 6.45) is 5.33. The van der Waals surface area contributed by atoms with Gasteiger partial charge in [-0.1, -0.05) is 60.7 Å². The molecular weight excluding hydrogens is 554 g/mol. The van der Waals surface area contributed by atoms with Crippen molar-refractivity contribution in [1.82, 2.24) is 0 Å². The predicted molar refractivity (Wildman–Crippen MR) is 174 cm³/mol. The van der Waals surface area contributed by atoms with Gasteiger partial charge < -0.3 is 10.0 Å². The Hall–Kier alpha value is -5.89. The summed E-state index contributed by atoms with van der Waals surface area (Å²) in [5.74, 6) is -2.11. The summed E-state index contributed by atoms with van der Waals surface area (Å²) in [4.78, 5) is 54.7. The molecule has 0 spiro atoms. The second-order valence-electron chi connectivity index (χ2n) is 9.89. The third-order valence-corrected chi connectivity index (χ3v) is 6.95. The van der Waals surface area contributed by atoms with Gasteiger partial charge in [0.05, 0.1) is 16.9 Å². The van der Waals surface area contributed by atoms with Crippen LogP contribution in [0.3, 0.4) is 0 Å². The third-order valence-electron chi connectivity index (χ3n) is 6.95. The zero-order valence-electron chi connectivity index (χ0n) is 24.4. The van der Waals surface area contributed by atoms with Gasteiger partial charge in [0.1, 0.15) is 0 Å². The van der Waals surface area contributed by atoms with Crippen LogP contribution in [0.2, 0.25) is 0 Å². The van der Waals surface area contributed by atoms with Crippen LogP contribution in [0, 0.1) is 0 Å². The highest BCUT2D eigenvalue weighted by Crippen LogP contribution is 2.26. The first-order chi connectivity index (χ1) is 21.2. The Morgan fingerprint density at radius 2 is 1.34 bits per heavy atom. The van der Waals surface area contributed by atoms with Crippen LogP contribution in [0.5, 0.6) is 0 Å². The Morgan fingerprint density at radius 1 is 0.773 bits per heavy atom. The van der Waals surface area contributed by atoms with Gasteiger partial charge in [-0.05, 0) is 84.4 Å². The molecule has 4 rings (SSSR count). The summed E-state index contributed by atoms with van der Waals surface area (Å²) in [6.45, 7) is 5.07. The van der Waals surface area contributed by atoms with E-state index in [0.29, 0.717) is 17.8 Å². The van der Waals surface area contributed by atoms with E-state index in [1.54, 1.807) is 19.2 Å². The lowest BCUT2D eigenvalue weighted by molar-refractivity contribution is -0.116. The minimum atomic E-state index is -1.10. The zero-order chi connectivity index (χ0) is 31.6. The number of carbonyl (C=O) groups is 4. The van der Waals surface area contributed by atoms with Crippen molar-refractivity contribution in [2.24, 2.45) is 4.99 Å². The summed E-state index contributed by atoms with van der Waals surface area (Å²) >= 11 is 0. The van der Waals surface area contributed by atoms with E-state index in [0.717, 1.165) is 39.3 Å². The van der Waals surface area contributed by atoms with Crippen LogP contribution in [0.25, 0.3) is 11.3 Å². The average Bonchev–Trinajstić information content (AvgIpc) is 3.05. The molecule has 0 unspecified atom stereocenters. The maximum absolute atomic E-state index is 13.2. The van der Waals surface area contributed by atoms with Gasteiger partial charge in [0.15, 0.2) is 0 Å². The van der Waals surface area contributed by atoms with Crippen LogP contribution >= 0.6 is 0 Å². The third kappa shape index (κ3) is 7.49. The second-order valence-corrected chi connectivity index (χ2v) is 9.89. The molecule has 0 fully saturated rings. The monoisotopic (exact) mass is 585 g/mol. The van der Waals surface area contributed by atoms with Crippen LogP contribution in [0.4, 0.5) is 11.4 Å². The number of rotatable bonds is 11. The molecule has 4 aromatic rings. The van der Waals surface area contributed by atoms with Crippen molar-refractivity contribution in [2.45, 2.75) is 13.3 Å². The molecule has 0 radical (unpaired) electrons. The number of carboxylic acids is 1. The van der Waals surface area contributed by atoms with Crippen LogP contribution in [-0.4, -0.2) is 43.1 Å². The molecule has 0 aliphatic carbocycles. The molecule has 44 heavy (non-hydrogen) atoms. The molecule has 0 atom stereocenters. The first-order valence-electron chi connectivity index (χ1n) is 13.7. The quantitative estimate of drug-likeness (QED) is 0.122. The fourth-order valence-electron chi connectivity index (χ4n) is 4.52. The molecule has 0 aliphatic heterocycles. The van der Waals surface area contributed by atoms with Gasteiger partial charge in [0.2, 0.25) is 12.3 Å². The van der Waals surface area contributed by atoms with Gasteiger partial charge in [-0.3, -0.25) is 19.4 Å². The molecule has 0 bridgehead atoms. The van der Waals surface area contributed by atoms with Crippen molar-refractivity contribution in [1.29, 1.82) is 0 Å². The van der Waals surface area contributed by atoms with Gasteiger partial charge in [-0.25, -0.2) is 9.69 Å². The topological polar surface area (TPSA) is 107 Å². The van der Waals surface area contributed by atoms with Crippen molar-refractivity contribution >= 4 is 53.6 Å². The fourth-order valence-corrected chi connectivity index (χ4v) is 4.52. The van der Waals surface area contributed by atoms with E-state index in [9.17, 15) is 19.2 Å². The van der Waals surface area contributed by atoms with Crippen LogP contribution in [0.15, 0.2) is 120 Å². The van der Waals surface area contributed by atoms with Crippen LogP contribution in [0.1, 0.15) is 44.3 Å². The van der Waals surface area contributed by atoms with E-state index in [2.05, 4.69) is 17.8 Å². The van der Waals surface area contributed by atoms with Crippen LogP contribution < -0.4 is 9.80 Å². The molecule has 4 aromatic carbocycles. The number of benzene rings is 4. The minimum absolute atomic E-state index is 0.0503. The van der Waals surface area contributed by atoms with Crippen molar-refractivity contribution in [3.63, 3.8) is 0 Å². The zero-order valence-corrected chi connectivity index (χ0v) is 24.4. The van der Waals surface area contributed by atoms with E-state index < -0.39 is 17.8 Å². The number of aromatic carboxylic acids is 1. The lowest BCUT2D eigenvalue weighted by atomic mass is 9.99. The number of allylic oxidation sites excluding steroid dienone is 3. The van der Waals surface area contributed by atoms with Gasteiger partial charge >= 0.3 is 5.97 Å². The number of aliphatic imine (C=N–C) groups is 1. The van der Waals surface area contributed by atoms with E-state index in [-0.39, 0.29) is 11.1 Å². The minimum Gasteiger partial charge on any atom is -0.478 e. The lowest BCUT2D eigenvalue weighted by Gasteiger charge is -2.19. The second kappa shape index (κ2) is 14.3. The summed E-state index contributed by atoms with van der Waals surface area (Å²) in [6, 6.07) is 29.9. The molecule has 0 aromatic heterocycles. The van der Waals surface area contributed by atoms with Gasteiger partial charge in [-0.15, -0.1) is 0 Å². The Labute approximate surface area is 255 Å². The number of hydrogen-bond donors (Lipinski definition) is 1. The first-order valence-corrected chi connectivity index (χ1v) is 13.7.